The van der Waals surface area contributed by atoms with Gasteiger partial charge in [-0.15, -0.1) is 11.6 Å². The van der Waals surface area contributed by atoms with Crippen LogP contribution in [0.25, 0.3) is 10.8 Å². The second kappa shape index (κ2) is 5.52. The number of H-pyrrole nitrogens is 1. The van der Waals surface area contributed by atoms with Crippen molar-refractivity contribution in [2.75, 3.05) is 5.88 Å². The number of fused-ring (bicyclic) bond motifs is 1. The van der Waals surface area contributed by atoms with E-state index in [0.717, 1.165) is 10.8 Å². The van der Waals surface area contributed by atoms with Gasteiger partial charge in [-0.2, -0.15) is 0 Å². The average molecular weight is 268 g/mol. The molecule has 2 rings (SSSR count). The summed E-state index contributed by atoms with van der Waals surface area (Å²) >= 11 is 5.53. The highest BCUT2D eigenvalue weighted by Gasteiger charge is 2.17. The lowest BCUT2D eigenvalue weighted by Crippen LogP contribution is -2.18. The highest BCUT2D eigenvalue weighted by molar-refractivity contribution is 6.17. The molecule has 0 aliphatic heterocycles. The van der Waals surface area contributed by atoms with Crippen molar-refractivity contribution < 1.29 is 10.2 Å². The third-order valence-electron chi connectivity index (χ3n) is 2.88. The largest absolute Gasteiger partial charge is 0.390 e. The number of aliphatic hydroxyl groups is 2. The van der Waals surface area contributed by atoms with Crippen LogP contribution in [-0.4, -0.2) is 27.2 Å². The molecule has 0 radical (unpaired) electrons. The third kappa shape index (κ3) is 2.72. The van der Waals surface area contributed by atoms with Gasteiger partial charge in [-0.25, -0.2) is 0 Å². The van der Waals surface area contributed by atoms with Gasteiger partial charge in [-0.3, -0.25) is 4.79 Å². The molecule has 0 fully saturated rings. The van der Waals surface area contributed by atoms with Gasteiger partial charge in [0.15, 0.2) is 0 Å². The molecule has 4 nitrogen and oxygen atoms in total. The first-order chi connectivity index (χ1) is 8.61. The van der Waals surface area contributed by atoms with Gasteiger partial charge in [0.2, 0.25) is 5.56 Å². The van der Waals surface area contributed by atoms with Gasteiger partial charge in [0.05, 0.1) is 6.10 Å². The van der Waals surface area contributed by atoms with Crippen molar-refractivity contribution in [3.63, 3.8) is 0 Å². The first-order valence-electron chi connectivity index (χ1n) is 5.66. The Balaban J connectivity index is 2.37. The summed E-state index contributed by atoms with van der Waals surface area (Å²) in [4.78, 5) is 13.8. The van der Waals surface area contributed by atoms with E-state index in [9.17, 15) is 15.0 Å². The summed E-state index contributed by atoms with van der Waals surface area (Å²) in [6.07, 6.45) is 0.0356. The number of aromatic nitrogens is 1. The number of alkyl halides is 1. The van der Waals surface area contributed by atoms with Crippen LogP contribution in [0.4, 0.5) is 0 Å². The molecule has 3 N–H and O–H groups in total. The summed E-state index contributed by atoms with van der Waals surface area (Å²) in [6, 6.07) is 6.67. The van der Waals surface area contributed by atoms with Gasteiger partial charge in [-0.1, -0.05) is 12.1 Å². The lowest BCUT2D eigenvalue weighted by atomic mass is 10.00. The van der Waals surface area contributed by atoms with Gasteiger partial charge < -0.3 is 15.2 Å². The molecule has 2 atom stereocenters. The molecule has 0 spiro atoms. The number of hydrogen-bond acceptors (Lipinski definition) is 3. The first kappa shape index (κ1) is 13.1. The van der Waals surface area contributed by atoms with Crippen molar-refractivity contribution >= 4 is 22.4 Å². The Bertz CT molecular complexity index is 596. The first-order valence-corrected chi connectivity index (χ1v) is 6.20. The molecule has 5 heteroatoms. The van der Waals surface area contributed by atoms with Crippen LogP contribution in [-0.2, 0) is 0 Å². The highest BCUT2D eigenvalue weighted by Crippen LogP contribution is 2.22. The number of benzene rings is 1. The molecular weight excluding hydrogens is 254 g/mol. The number of hydrogen-bond donors (Lipinski definition) is 3. The summed E-state index contributed by atoms with van der Waals surface area (Å²) in [7, 11) is 0. The Hall–Kier alpha value is -1.36. The highest BCUT2D eigenvalue weighted by atomic mass is 35.5. The summed E-state index contributed by atoms with van der Waals surface area (Å²) in [5.74, 6) is 0.283. The van der Waals surface area contributed by atoms with Crippen molar-refractivity contribution in [3.05, 3.63) is 46.4 Å². The molecule has 0 bridgehead atoms. The van der Waals surface area contributed by atoms with Crippen molar-refractivity contribution in [2.45, 2.75) is 18.6 Å². The monoisotopic (exact) mass is 267 g/mol. The Morgan fingerprint density at radius 3 is 2.72 bits per heavy atom. The van der Waals surface area contributed by atoms with E-state index >= 15 is 0 Å². The van der Waals surface area contributed by atoms with Crippen molar-refractivity contribution in [1.82, 2.24) is 4.98 Å². The quantitative estimate of drug-likeness (QED) is 0.736. The summed E-state index contributed by atoms with van der Waals surface area (Å²) in [5.41, 5.74) is 0.376. The predicted molar refractivity (Wildman–Crippen MR) is 70.9 cm³/mol. The number of nitrogens with one attached hydrogen (secondary N) is 1. The van der Waals surface area contributed by atoms with Crippen LogP contribution in [0.2, 0.25) is 0 Å². The van der Waals surface area contributed by atoms with E-state index in [2.05, 4.69) is 4.98 Å². The SMILES string of the molecule is O=c1cc2cc(C(O)C(O)CCCl)ccc2c[nH]1. The zero-order valence-electron chi connectivity index (χ0n) is 9.64. The summed E-state index contributed by atoms with van der Waals surface area (Å²) in [5, 5.41) is 21.3. The van der Waals surface area contributed by atoms with E-state index in [0.29, 0.717) is 12.0 Å². The molecule has 0 saturated carbocycles. The van der Waals surface area contributed by atoms with E-state index in [1.54, 1.807) is 24.4 Å². The van der Waals surface area contributed by atoms with Crippen LogP contribution in [0.3, 0.4) is 0 Å². The maximum atomic E-state index is 11.2. The lowest BCUT2D eigenvalue weighted by molar-refractivity contribution is 0.0171. The number of rotatable bonds is 4. The molecule has 18 heavy (non-hydrogen) atoms. The molecule has 0 saturated heterocycles. The van der Waals surface area contributed by atoms with Crippen molar-refractivity contribution in [2.24, 2.45) is 0 Å². The lowest BCUT2D eigenvalue weighted by Gasteiger charge is -2.17. The fourth-order valence-corrected chi connectivity index (χ4v) is 2.08. The molecule has 0 amide bonds. The van der Waals surface area contributed by atoms with Crippen LogP contribution >= 0.6 is 11.6 Å². The summed E-state index contributed by atoms with van der Waals surface area (Å²) < 4.78 is 0. The van der Waals surface area contributed by atoms with Gasteiger partial charge >= 0.3 is 0 Å². The van der Waals surface area contributed by atoms with Crippen LogP contribution in [0.15, 0.2) is 35.3 Å². The average Bonchev–Trinajstić information content (AvgIpc) is 2.37. The van der Waals surface area contributed by atoms with Gasteiger partial charge in [0.25, 0.3) is 0 Å². The number of pyridine rings is 1. The second-order valence-electron chi connectivity index (χ2n) is 4.18. The van der Waals surface area contributed by atoms with Gasteiger partial charge in [0, 0.05) is 18.1 Å². The van der Waals surface area contributed by atoms with Gasteiger partial charge in [0.1, 0.15) is 6.10 Å². The zero-order valence-corrected chi connectivity index (χ0v) is 10.4. The van der Waals surface area contributed by atoms with Crippen LogP contribution in [0.5, 0.6) is 0 Å². The van der Waals surface area contributed by atoms with E-state index in [1.807, 2.05) is 0 Å². The number of aromatic amines is 1. The molecule has 2 unspecified atom stereocenters. The molecule has 1 aromatic heterocycles. The minimum absolute atomic E-state index is 0.199. The standard InChI is InChI=1S/C13H14ClNO3/c14-4-3-11(16)13(18)8-1-2-9-7-15-12(17)6-10(9)5-8/h1-2,5-7,11,13,16,18H,3-4H2,(H,15,17). The predicted octanol–water partition coefficient (Wildman–Crippen LogP) is 1.55. The smallest absolute Gasteiger partial charge is 0.248 e. The fourth-order valence-electron chi connectivity index (χ4n) is 1.86. The Kier molecular flexibility index (Phi) is 4.01. The Morgan fingerprint density at radius 1 is 1.22 bits per heavy atom. The van der Waals surface area contributed by atoms with Crippen LogP contribution in [0, 0.1) is 0 Å². The molecule has 0 aliphatic rings. The number of halogens is 1. The normalized spacial score (nSPS) is 14.6. The zero-order chi connectivity index (χ0) is 13.1. The molecule has 2 aromatic rings. The van der Waals surface area contributed by atoms with Crippen molar-refractivity contribution in [1.29, 1.82) is 0 Å². The Labute approximate surface area is 109 Å². The van der Waals surface area contributed by atoms with E-state index in [4.69, 9.17) is 11.6 Å². The second-order valence-corrected chi connectivity index (χ2v) is 4.55. The maximum absolute atomic E-state index is 11.2. The van der Waals surface area contributed by atoms with Crippen molar-refractivity contribution in [3.8, 4) is 0 Å². The molecular formula is C13H14ClNO3. The number of aliphatic hydroxyl groups excluding tert-OH is 2. The summed E-state index contributed by atoms with van der Waals surface area (Å²) in [6.45, 7) is 0. The Morgan fingerprint density at radius 2 is 2.00 bits per heavy atom. The molecule has 1 heterocycles. The third-order valence-corrected chi connectivity index (χ3v) is 3.10. The fraction of sp³-hybridized carbons (Fsp3) is 0.308. The topological polar surface area (TPSA) is 73.3 Å². The van der Waals surface area contributed by atoms with Gasteiger partial charge in [-0.05, 0) is 28.8 Å². The van der Waals surface area contributed by atoms with E-state index < -0.39 is 12.2 Å². The molecule has 96 valence electrons. The molecule has 0 aliphatic carbocycles. The van der Waals surface area contributed by atoms with E-state index in [1.165, 1.54) is 6.07 Å². The molecule has 1 aromatic carbocycles. The minimum atomic E-state index is -0.993. The van der Waals surface area contributed by atoms with Crippen LogP contribution in [0.1, 0.15) is 18.1 Å². The van der Waals surface area contributed by atoms with Crippen LogP contribution < -0.4 is 5.56 Å². The minimum Gasteiger partial charge on any atom is -0.390 e. The maximum Gasteiger partial charge on any atom is 0.248 e. The van der Waals surface area contributed by atoms with E-state index in [-0.39, 0.29) is 11.4 Å².